The maximum atomic E-state index is 13.4. The summed E-state index contributed by atoms with van der Waals surface area (Å²) < 4.78 is 20.9. The summed E-state index contributed by atoms with van der Waals surface area (Å²) >= 11 is 5.57. The summed E-state index contributed by atoms with van der Waals surface area (Å²) in [5.74, 6) is 0.951. The van der Waals surface area contributed by atoms with Crippen LogP contribution in [0.1, 0.15) is 11.1 Å². The first-order valence-corrected chi connectivity index (χ1v) is 10.1. The lowest BCUT2D eigenvalue weighted by molar-refractivity contribution is -0.140. The standard InChI is InChI=1S/C23H24N2O6S/c1-14-19(29-3)11-6-15(21(14)31-5)12-18-22(27)25(16-7-9-17(28-2)10-8-16)23(32)24(18)13-20(26)30-4/h6-12H,13H2,1-5H3/b18-12-. The third-order valence-corrected chi connectivity index (χ3v) is 5.49. The molecule has 3 rings (SSSR count). The summed E-state index contributed by atoms with van der Waals surface area (Å²) in [5, 5.41) is 0.168. The number of ether oxygens (including phenoxy) is 4. The molecule has 1 aliphatic rings. The summed E-state index contributed by atoms with van der Waals surface area (Å²) in [4.78, 5) is 28.3. The van der Waals surface area contributed by atoms with Crippen LogP contribution in [0.5, 0.6) is 17.2 Å². The topological polar surface area (TPSA) is 77.5 Å². The van der Waals surface area contributed by atoms with Gasteiger partial charge >= 0.3 is 5.97 Å². The monoisotopic (exact) mass is 456 g/mol. The summed E-state index contributed by atoms with van der Waals surface area (Å²) in [6.45, 7) is 1.65. The van der Waals surface area contributed by atoms with Gasteiger partial charge in [0, 0.05) is 11.1 Å². The molecule has 0 atom stereocenters. The van der Waals surface area contributed by atoms with Crippen molar-refractivity contribution in [1.82, 2.24) is 4.90 Å². The zero-order valence-electron chi connectivity index (χ0n) is 18.5. The smallest absolute Gasteiger partial charge is 0.325 e. The molecule has 0 spiro atoms. The molecule has 8 nitrogen and oxygen atoms in total. The van der Waals surface area contributed by atoms with Gasteiger partial charge in [0.2, 0.25) is 0 Å². The predicted octanol–water partition coefficient (Wildman–Crippen LogP) is 3.17. The lowest BCUT2D eigenvalue weighted by atomic mass is 10.1. The number of hydrogen-bond acceptors (Lipinski definition) is 7. The molecule has 0 radical (unpaired) electrons. The van der Waals surface area contributed by atoms with Gasteiger partial charge in [0.1, 0.15) is 29.5 Å². The molecule has 0 N–H and O–H groups in total. The summed E-state index contributed by atoms with van der Waals surface area (Å²) in [6.07, 6.45) is 1.65. The first kappa shape index (κ1) is 23.1. The largest absolute Gasteiger partial charge is 0.497 e. The lowest BCUT2D eigenvalue weighted by Crippen LogP contribution is -2.35. The number of thiocarbonyl (C=S) groups is 1. The van der Waals surface area contributed by atoms with Gasteiger partial charge in [0.05, 0.1) is 34.1 Å². The normalized spacial score (nSPS) is 14.7. The molecule has 1 amide bonds. The van der Waals surface area contributed by atoms with Gasteiger partial charge < -0.3 is 23.8 Å². The Morgan fingerprint density at radius 2 is 1.69 bits per heavy atom. The number of rotatable bonds is 7. The van der Waals surface area contributed by atoms with E-state index in [0.29, 0.717) is 28.5 Å². The molecule has 0 unspecified atom stereocenters. The van der Waals surface area contributed by atoms with Crippen LogP contribution >= 0.6 is 12.2 Å². The number of benzene rings is 2. The first-order chi connectivity index (χ1) is 15.4. The Labute approximate surface area is 191 Å². The molecule has 9 heteroatoms. The minimum absolute atomic E-state index is 0.168. The van der Waals surface area contributed by atoms with E-state index >= 15 is 0 Å². The van der Waals surface area contributed by atoms with E-state index in [-0.39, 0.29) is 23.3 Å². The van der Waals surface area contributed by atoms with Crippen LogP contribution in [0, 0.1) is 6.92 Å². The number of esters is 1. The summed E-state index contributed by atoms with van der Waals surface area (Å²) in [7, 11) is 5.96. The number of nitrogens with zero attached hydrogens (tertiary/aromatic N) is 2. The molecule has 2 aromatic rings. The van der Waals surface area contributed by atoms with Crippen LogP contribution < -0.4 is 19.1 Å². The zero-order chi connectivity index (χ0) is 23.4. The van der Waals surface area contributed by atoms with Crippen molar-refractivity contribution in [3.63, 3.8) is 0 Å². The van der Waals surface area contributed by atoms with Crippen molar-refractivity contribution in [2.45, 2.75) is 6.92 Å². The maximum absolute atomic E-state index is 13.4. The van der Waals surface area contributed by atoms with Crippen LogP contribution in [-0.4, -0.2) is 56.9 Å². The first-order valence-electron chi connectivity index (χ1n) is 9.66. The van der Waals surface area contributed by atoms with Crippen LogP contribution in [0.2, 0.25) is 0 Å². The molecule has 168 valence electrons. The van der Waals surface area contributed by atoms with Crippen LogP contribution in [0.25, 0.3) is 6.08 Å². The number of carbonyl (C=O) groups excluding carboxylic acids is 2. The van der Waals surface area contributed by atoms with Gasteiger partial charge in [0.25, 0.3) is 5.91 Å². The second-order valence-electron chi connectivity index (χ2n) is 6.83. The van der Waals surface area contributed by atoms with Crippen molar-refractivity contribution in [3.8, 4) is 17.2 Å². The fourth-order valence-corrected chi connectivity index (χ4v) is 3.78. The number of carbonyl (C=O) groups is 2. The van der Waals surface area contributed by atoms with Crippen LogP contribution in [0.4, 0.5) is 5.69 Å². The third kappa shape index (κ3) is 4.24. The van der Waals surface area contributed by atoms with Gasteiger partial charge in [0.15, 0.2) is 5.11 Å². The number of hydrogen-bond donors (Lipinski definition) is 0. The highest BCUT2D eigenvalue weighted by Gasteiger charge is 2.40. The van der Waals surface area contributed by atoms with Gasteiger partial charge in [-0.05, 0) is 61.6 Å². The van der Waals surface area contributed by atoms with Gasteiger partial charge in [-0.15, -0.1) is 0 Å². The minimum Gasteiger partial charge on any atom is -0.497 e. The predicted molar refractivity (Wildman–Crippen MR) is 124 cm³/mol. The van der Waals surface area contributed by atoms with E-state index in [4.69, 9.17) is 31.2 Å². The van der Waals surface area contributed by atoms with Crippen molar-refractivity contribution < 1.29 is 28.5 Å². The van der Waals surface area contributed by atoms with E-state index in [1.807, 2.05) is 6.92 Å². The number of amides is 1. The van der Waals surface area contributed by atoms with Crippen LogP contribution in [0.15, 0.2) is 42.1 Å². The average molecular weight is 457 g/mol. The Morgan fingerprint density at radius 1 is 1.00 bits per heavy atom. The van der Waals surface area contributed by atoms with Crippen molar-refractivity contribution in [2.24, 2.45) is 0 Å². The molecule has 0 aliphatic carbocycles. The van der Waals surface area contributed by atoms with Crippen LogP contribution in [0.3, 0.4) is 0 Å². The average Bonchev–Trinajstić information content (AvgIpc) is 3.03. The quantitative estimate of drug-likeness (QED) is 0.357. The second kappa shape index (κ2) is 9.69. The second-order valence-corrected chi connectivity index (χ2v) is 7.19. The van der Waals surface area contributed by atoms with Crippen molar-refractivity contribution in [2.75, 3.05) is 39.9 Å². The Balaban J connectivity index is 2.11. The number of anilines is 1. The van der Waals surface area contributed by atoms with E-state index < -0.39 is 5.97 Å². The van der Waals surface area contributed by atoms with Gasteiger partial charge in [-0.2, -0.15) is 0 Å². The molecular formula is C23H24N2O6S. The van der Waals surface area contributed by atoms with Crippen molar-refractivity contribution in [1.29, 1.82) is 0 Å². The van der Waals surface area contributed by atoms with E-state index in [2.05, 4.69) is 0 Å². The SMILES string of the molecule is COC(=O)CN1C(=S)N(c2ccc(OC)cc2)C(=O)/C1=C/c1ccc(OC)c(C)c1OC. The minimum atomic E-state index is -0.527. The third-order valence-electron chi connectivity index (χ3n) is 5.08. The molecule has 0 aromatic heterocycles. The Hall–Kier alpha value is -3.59. The lowest BCUT2D eigenvalue weighted by Gasteiger charge is -2.19. The molecule has 32 heavy (non-hydrogen) atoms. The molecule has 0 bridgehead atoms. The molecular weight excluding hydrogens is 432 g/mol. The van der Waals surface area contributed by atoms with Crippen molar-refractivity contribution >= 4 is 41.0 Å². The summed E-state index contributed by atoms with van der Waals surface area (Å²) in [5.41, 5.74) is 2.20. The Morgan fingerprint density at radius 3 is 2.25 bits per heavy atom. The highest BCUT2D eigenvalue weighted by Crippen LogP contribution is 2.35. The van der Waals surface area contributed by atoms with Crippen molar-refractivity contribution in [3.05, 3.63) is 53.2 Å². The van der Waals surface area contributed by atoms with Gasteiger partial charge in [-0.25, -0.2) is 0 Å². The van der Waals surface area contributed by atoms with E-state index in [9.17, 15) is 9.59 Å². The molecule has 1 fully saturated rings. The van der Waals surface area contributed by atoms with E-state index in [0.717, 1.165) is 5.56 Å². The van der Waals surface area contributed by atoms with Gasteiger partial charge in [-0.3, -0.25) is 14.5 Å². The molecule has 1 heterocycles. The summed E-state index contributed by atoms with van der Waals surface area (Å²) in [6, 6.07) is 10.5. The Bertz CT molecular complexity index is 1080. The van der Waals surface area contributed by atoms with Crippen LogP contribution in [-0.2, 0) is 14.3 Å². The highest BCUT2D eigenvalue weighted by molar-refractivity contribution is 7.80. The van der Waals surface area contributed by atoms with E-state index in [1.54, 1.807) is 63.8 Å². The Kier molecular flexibility index (Phi) is 6.99. The molecule has 1 saturated heterocycles. The van der Waals surface area contributed by atoms with E-state index in [1.165, 1.54) is 16.9 Å². The number of methoxy groups -OCH3 is 4. The zero-order valence-corrected chi connectivity index (χ0v) is 19.3. The fourth-order valence-electron chi connectivity index (χ4n) is 3.43. The maximum Gasteiger partial charge on any atom is 0.325 e. The molecule has 1 aliphatic heterocycles. The fraction of sp³-hybridized carbons (Fsp3) is 0.261. The highest BCUT2D eigenvalue weighted by atomic mass is 32.1. The molecule has 0 saturated carbocycles. The molecule has 2 aromatic carbocycles. The van der Waals surface area contributed by atoms with Gasteiger partial charge in [-0.1, -0.05) is 0 Å².